The Balaban J connectivity index is 0.000000238. The fraction of sp³-hybridized carbons (Fsp3) is 0. The molecular weight excluding hydrogens is 330 g/mol. The lowest BCUT2D eigenvalue weighted by Crippen LogP contribution is -2.05. The third-order valence-corrected chi connectivity index (χ3v) is 2.42. The van der Waals surface area contributed by atoms with Crippen LogP contribution in [-0.2, 0) is 4.89 Å². The molecular formula is C14H10ClNO7. The minimum absolute atomic E-state index is 0.282. The molecule has 0 bridgehead atoms. The molecule has 0 spiro atoms. The Morgan fingerprint density at radius 2 is 1.61 bits per heavy atom. The van der Waals surface area contributed by atoms with E-state index < -0.39 is 22.0 Å². The van der Waals surface area contributed by atoms with Crippen LogP contribution >= 0.6 is 11.6 Å². The third-order valence-electron chi connectivity index (χ3n) is 2.34. The quantitative estimate of drug-likeness (QED) is 0.392. The van der Waals surface area contributed by atoms with Crippen LogP contribution in [0.4, 0.5) is 10.5 Å². The van der Waals surface area contributed by atoms with Gasteiger partial charge in [0.05, 0.1) is 4.92 Å². The number of nitrogens with zero attached hydrogens (tertiary/aromatic N) is 1. The third kappa shape index (κ3) is 6.12. The zero-order valence-electron chi connectivity index (χ0n) is 11.4. The SMILES string of the molecule is O=C(Cl)Oc1ccccc1.O=C(OO)c1ccccc1[N+](=O)[O-]. The van der Waals surface area contributed by atoms with Crippen molar-refractivity contribution in [2.24, 2.45) is 0 Å². The Morgan fingerprint density at radius 3 is 2.13 bits per heavy atom. The Kier molecular flexibility index (Phi) is 7.18. The minimum atomic E-state index is -1.15. The second kappa shape index (κ2) is 9.13. The Bertz CT molecular complexity index is 691. The molecule has 0 atom stereocenters. The van der Waals surface area contributed by atoms with Gasteiger partial charge in [0, 0.05) is 17.7 Å². The molecule has 1 N–H and O–H groups in total. The molecule has 0 unspecified atom stereocenters. The number of halogens is 1. The van der Waals surface area contributed by atoms with Crippen molar-refractivity contribution in [3.8, 4) is 5.75 Å². The number of hydrogen-bond donors (Lipinski definition) is 1. The van der Waals surface area contributed by atoms with Crippen molar-refractivity contribution in [2.45, 2.75) is 0 Å². The maximum atomic E-state index is 10.8. The fourth-order valence-electron chi connectivity index (χ4n) is 1.44. The number of carbonyl (C=O) groups is 2. The first-order chi connectivity index (χ1) is 11.0. The lowest BCUT2D eigenvalue weighted by Gasteiger charge is -1.97. The van der Waals surface area contributed by atoms with Crippen LogP contribution in [0.25, 0.3) is 0 Å². The van der Waals surface area contributed by atoms with Gasteiger partial charge in [0.25, 0.3) is 5.69 Å². The number of benzene rings is 2. The van der Waals surface area contributed by atoms with E-state index in [0.29, 0.717) is 5.75 Å². The molecule has 2 aromatic carbocycles. The van der Waals surface area contributed by atoms with Crippen LogP contribution in [0, 0.1) is 10.1 Å². The van der Waals surface area contributed by atoms with Crippen LogP contribution in [-0.4, -0.2) is 21.6 Å². The van der Waals surface area contributed by atoms with E-state index in [4.69, 9.17) is 16.9 Å². The number of nitro benzene ring substituents is 1. The molecule has 0 amide bonds. The highest BCUT2D eigenvalue weighted by Gasteiger charge is 2.20. The van der Waals surface area contributed by atoms with Crippen LogP contribution in [0.15, 0.2) is 54.6 Å². The van der Waals surface area contributed by atoms with Crippen LogP contribution in [0.2, 0.25) is 0 Å². The summed E-state index contributed by atoms with van der Waals surface area (Å²) in [5, 5.41) is 18.4. The first-order valence-electron chi connectivity index (χ1n) is 5.97. The summed E-state index contributed by atoms with van der Waals surface area (Å²) in [6, 6.07) is 13.8. The van der Waals surface area contributed by atoms with Crippen molar-refractivity contribution in [1.29, 1.82) is 0 Å². The summed E-state index contributed by atoms with van der Waals surface area (Å²) < 4.78 is 4.54. The molecule has 9 heteroatoms. The predicted octanol–water partition coefficient (Wildman–Crippen LogP) is 3.65. The van der Waals surface area contributed by atoms with Crippen LogP contribution in [0.1, 0.15) is 10.4 Å². The molecule has 2 aromatic rings. The van der Waals surface area contributed by atoms with E-state index in [0.717, 1.165) is 6.07 Å². The molecule has 0 aliphatic carbocycles. The average Bonchev–Trinajstić information content (AvgIpc) is 2.55. The van der Waals surface area contributed by atoms with Gasteiger partial charge in [-0.1, -0.05) is 30.3 Å². The second-order valence-electron chi connectivity index (χ2n) is 3.81. The summed E-state index contributed by atoms with van der Waals surface area (Å²) in [4.78, 5) is 33.9. The van der Waals surface area contributed by atoms with Gasteiger partial charge in [0.2, 0.25) is 0 Å². The van der Waals surface area contributed by atoms with E-state index in [9.17, 15) is 19.7 Å². The maximum absolute atomic E-state index is 10.8. The van der Waals surface area contributed by atoms with E-state index in [1.54, 1.807) is 24.3 Å². The summed E-state index contributed by atoms with van der Waals surface area (Å²) in [6.07, 6.45) is 0. The van der Waals surface area contributed by atoms with Gasteiger partial charge >= 0.3 is 11.4 Å². The van der Waals surface area contributed by atoms with Gasteiger partial charge in [-0.25, -0.2) is 9.59 Å². The van der Waals surface area contributed by atoms with E-state index in [2.05, 4.69) is 9.62 Å². The summed E-state index contributed by atoms with van der Waals surface area (Å²) in [7, 11) is 0. The number of ether oxygens (including phenoxy) is 1. The van der Waals surface area contributed by atoms with E-state index in [1.165, 1.54) is 18.2 Å². The molecule has 0 aromatic heterocycles. The first-order valence-corrected chi connectivity index (χ1v) is 6.35. The number of carbonyl (C=O) groups excluding carboxylic acids is 2. The highest BCUT2D eigenvalue weighted by molar-refractivity contribution is 6.61. The van der Waals surface area contributed by atoms with E-state index >= 15 is 0 Å². The zero-order valence-corrected chi connectivity index (χ0v) is 12.2. The molecule has 8 nitrogen and oxygen atoms in total. The van der Waals surface area contributed by atoms with Crippen molar-refractivity contribution in [1.82, 2.24) is 0 Å². The van der Waals surface area contributed by atoms with Crippen molar-refractivity contribution in [3.05, 3.63) is 70.3 Å². The van der Waals surface area contributed by atoms with Crippen molar-refractivity contribution >= 4 is 28.7 Å². The number of rotatable bonds is 3. The molecule has 0 aliphatic heterocycles. The molecule has 0 fully saturated rings. The lowest BCUT2D eigenvalue weighted by atomic mass is 10.2. The molecule has 0 saturated carbocycles. The fourth-order valence-corrected chi connectivity index (χ4v) is 1.52. The molecule has 2 rings (SSSR count). The molecule has 0 radical (unpaired) electrons. The molecule has 23 heavy (non-hydrogen) atoms. The van der Waals surface area contributed by atoms with Crippen molar-refractivity contribution in [2.75, 3.05) is 0 Å². The van der Waals surface area contributed by atoms with Gasteiger partial charge in [-0.2, -0.15) is 5.26 Å². The van der Waals surface area contributed by atoms with Gasteiger partial charge in [0.1, 0.15) is 11.3 Å². The van der Waals surface area contributed by atoms with Crippen LogP contribution < -0.4 is 4.74 Å². The normalized spacial score (nSPS) is 9.13. The van der Waals surface area contributed by atoms with Crippen LogP contribution in [0.3, 0.4) is 0 Å². The van der Waals surface area contributed by atoms with Crippen molar-refractivity contribution in [3.63, 3.8) is 0 Å². The zero-order chi connectivity index (χ0) is 17.2. The summed E-state index contributed by atoms with van der Waals surface area (Å²) in [5.41, 5.74) is -1.50. The molecule has 120 valence electrons. The van der Waals surface area contributed by atoms with Gasteiger partial charge in [-0.15, -0.1) is 0 Å². The predicted molar refractivity (Wildman–Crippen MR) is 79.5 cm³/mol. The van der Waals surface area contributed by atoms with Gasteiger partial charge in [0.15, 0.2) is 0 Å². The van der Waals surface area contributed by atoms with Crippen molar-refractivity contribution < 1.29 is 29.4 Å². The standard InChI is InChI=1S/C7H5ClO2.C7H5NO5/c8-7(9)10-6-4-2-1-3-5-6;9-7(13-12)5-3-1-2-4-6(5)8(10)11/h1-5H;1-4,12H. The average molecular weight is 340 g/mol. The number of nitro groups is 1. The minimum Gasteiger partial charge on any atom is -0.415 e. The largest absolute Gasteiger partial charge is 0.415 e. The molecule has 0 heterocycles. The summed E-state index contributed by atoms with van der Waals surface area (Å²) in [5.74, 6) is -0.685. The van der Waals surface area contributed by atoms with E-state index in [1.807, 2.05) is 6.07 Å². The van der Waals surface area contributed by atoms with Gasteiger partial charge in [-0.05, 0) is 18.2 Å². The Morgan fingerprint density at radius 1 is 1.04 bits per heavy atom. The summed E-state index contributed by atoms with van der Waals surface area (Å²) >= 11 is 4.95. The smallest absolute Gasteiger partial charge is 0.409 e. The highest BCUT2D eigenvalue weighted by Crippen LogP contribution is 2.17. The first kappa shape index (κ1) is 18.1. The summed E-state index contributed by atoms with van der Waals surface area (Å²) in [6.45, 7) is 0. The topological polar surface area (TPSA) is 116 Å². The maximum Gasteiger partial charge on any atom is 0.409 e. The Labute approximate surface area is 134 Å². The number of hydrogen-bond acceptors (Lipinski definition) is 7. The highest BCUT2D eigenvalue weighted by atomic mass is 35.5. The lowest BCUT2D eigenvalue weighted by molar-refractivity contribution is -0.385. The second-order valence-corrected chi connectivity index (χ2v) is 4.11. The monoisotopic (exact) mass is 339 g/mol. The van der Waals surface area contributed by atoms with Gasteiger partial charge in [-0.3, -0.25) is 15.0 Å². The van der Waals surface area contributed by atoms with Gasteiger partial charge < -0.3 is 4.74 Å². The number of para-hydroxylation sites is 2. The Hall–Kier alpha value is -2.97. The molecule has 0 saturated heterocycles. The molecule has 0 aliphatic rings. The van der Waals surface area contributed by atoms with Crippen LogP contribution in [0.5, 0.6) is 5.75 Å². The van der Waals surface area contributed by atoms with E-state index in [-0.39, 0.29) is 5.56 Å².